The van der Waals surface area contributed by atoms with Crippen LogP contribution in [0.2, 0.25) is 0 Å². The highest BCUT2D eigenvalue weighted by atomic mass is 31.1. The van der Waals surface area contributed by atoms with Gasteiger partial charge in [0.05, 0.1) is 28.2 Å². The van der Waals surface area contributed by atoms with Crippen molar-refractivity contribution in [3.05, 3.63) is 0 Å². The lowest BCUT2D eigenvalue weighted by atomic mass is 10.8. The molecule has 0 bridgehead atoms. The zero-order valence-corrected chi connectivity index (χ0v) is 12.1. The van der Waals surface area contributed by atoms with Crippen molar-refractivity contribution >= 4 is 26.1 Å². The van der Waals surface area contributed by atoms with Crippen LogP contribution in [0.4, 0.5) is 0 Å². The zero-order valence-electron chi connectivity index (χ0n) is 10.6. The van der Waals surface area contributed by atoms with Gasteiger partial charge in [0.1, 0.15) is 0 Å². The second-order valence-electron chi connectivity index (χ2n) is 2.97. The molecule has 0 fully saturated rings. The van der Waals surface area contributed by atoms with E-state index >= 15 is 0 Å². The minimum atomic E-state index is -1.75. The van der Waals surface area contributed by atoms with Crippen molar-refractivity contribution in [2.75, 3.05) is 28.2 Å². The lowest BCUT2D eigenvalue weighted by Gasteiger charge is -2.14. The summed E-state index contributed by atoms with van der Waals surface area (Å²) < 4.78 is 26.4. The second kappa shape index (κ2) is 23.4. The number of hydrogen-bond acceptors (Lipinski definition) is 6. The number of quaternary nitrogens is 1. The molecule has 0 saturated heterocycles. The Hall–Kier alpha value is 0.530. The Morgan fingerprint density at radius 2 is 0.786 bits per heavy atom. The molecule has 14 heavy (non-hydrogen) atoms. The maximum atomic E-state index is 8.46. The SMILES string of the molecule is C[N+](C)(C)C.O=[PH2][O-].O=[PH2][O-].O=[PH2][O-].[H+].[H+]. The Kier molecular flexibility index (Phi) is 40.1. The topological polar surface area (TPSA) is 120 Å². The first kappa shape index (κ1) is 24.0. The second-order valence-corrected chi connectivity index (χ2v) is 3.55. The molecule has 0 N–H and O–H groups in total. The van der Waals surface area contributed by atoms with Gasteiger partial charge in [-0.25, -0.2) is 0 Å². The van der Waals surface area contributed by atoms with Crippen molar-refractivity contribution in [3.8, 4) is 0 Å². The molecule has 10 heteroatoms. The van der Waals surface area contributed by atoms with Gasteiger partial charge in [0, 0.05) is 0 Å². The summed E-state index contributed by atoms with van der Waals surface area (Å²) in [6.07, 6.45) is 0. The normalized spacial score (nSPS) is 10.5. The molecule has 0 aliphatic heterocycles. The van der Waals surface area contributed by atoms with Gasteiger partial charge >= 0.3 is 2.85 Å². The van der Waals surface area contributed by atoms with E-state index in [0.29, 0.717) is 0 Å². The Balaban J connectivity index is -0.0000000206. The minimum Gasteiger partial charge on any atom is -0.804 e. The summed E-state index contributed by atoms with van der Waals surface area (Å²) in [5.41, 5.74) is 0. The van der Waals surface area contributed by atoms with Gasteiger partial charge in [-0.15, -0.1) is 0 Å². The van der Waals surface area contributed by atoms with Crippen LogP contribution in [0.3, 0.4) is 0 Å². The quantitative estimate of drug-likeness (QED) is 0.358. The van der Waals surface area contributed by atoms with Crippen LogP contribution in [-0.2, 0) is 13.7 Å². The van der Waals surface area contributed by atoms with E-state index in [-0.39, 0.29) is 2.85 Å². The predicted molar refractivity (Wildman–Crippen MR) is 57.4 cm³/mol. The van der Waals surface area contributed by atoms with Crippen LogP contribution >= 0.6 is 26.1 Å². The maximum absolute atomic E-state index is 8.46. The molecule has 0 spiro atoms. The van der Waals surface area contributed by atoms with Crippen molar-refractivity contribution in [2.24, 2.45) is 0 Å². The third kappa shape index (κ3) is 5930. The summed E-state index contributed by atoms with van der Waals surface area (Å²) in [6, 6.07) is 0. The molecule has 7 nitrogen and oxygen atoms in total. The molecule has 3 unspecified atom stereocenters. The van der Waals surface area contributed by atoms with E-state index in [2.05, 4.69) is 28.2 Å². The molecule has 0 aromatic rings. The standard InChI is InChI=1S/C4H12N.3H3O2P/c1-5(2,3)4;3*1-3-2/h1-4H3;3*3H2,(H,1,2)/q+1;;;/p-1. The van der Waals surface area contributed by atoms with Crippen LogP contribution in [0.15, 0.2) is 0 Å². The van der Waals surface area contributed by atoms with Crippen LogP contribution in [0.1, 0.15) is 2.85 Å². The molecule has 0 amide bonds. The fraction of sp³-hybridized carbons (Fsp3) is 1.00. The first-order valence-corrected chi connectivity index (χ1v) is 6.03. The number of hydrogen-bond donors (Lipinski definition) is 0. The van der Waals surface area contributed by atoms with Crippen LogP contribution in [0, 0.1) is 0 Å². The average Bonchev–Trinajstić information content (AvgIpc) is 1.86. The Bertz CT molecular complexity index is 115. The summed E-state index contributed by atoms with van der Waals surface area (Å²) in [7, 11) is 3.25. The monoisotopic (exact) mass is 271 g/mol. The van der Waals surface area contributed by atoms with Crippen LogP contribution in [0.5, 0.6) is 0 Å². The van der Waals surface area contributed by atoms with Gasteiger partial charge in [-0.3, -0.25) is 0 Å². The fourth-order valence-corrected chi connectivity index (χ4v) is 0. The van der Waals surface area contributed by atoms with Gasteiger partial charge in [0.2, 0.25) is 0 Å². The van der Waals surface area contributed by atoms with E-state index < -0.39 is 26.1 Å². The van der Waals surface area contributed by atoms with Gasteiger partial charge in [-0.05, 0) is 26.1 Å². The van der Waals surface area contributed by atoms with Crippen molar-refractivity contribution in [3.63, 3.8) is 0 Å². The molecular formula is C4H20NO6P3. The van der Waals surface area contributed by atoms with Crippen molar-refractivity contribution < 1.29 is 35.7 Å². The third-order valence-corrected chi connectivity index (χ3v) is 0. The largest absolute Gasteiger partial charge is 1.00 e. The van der Waals surface area contributed by atoms with Crippen LogP contribution < -0.4 is 14.7 Å². The van der Waals surface area contributed by atoms with E-state index in [1.54, 1.807) is 0 Å². The number of nitrogens with zero attached hydrogens (tertiary/aromatic N) is 1. The van der Waals surface area contributed by atoms with Gasteiger partial charge in [0.15, 0.2) is 0 Å². The van der Waals surface area contributed by atoms with Crippen LogP contribution in [-0.4, -0.2) is 32.7 Å². The Morgan fingerprint density at radius 1 is 0.786 bits per heavy atom. The molecule has 92 valence electrons. The first-order chi connectivity index (χ1) is 6.24. The van der Waals surface area contributed by atoms with E-state index in [0.717, 1.165) is 4.48 Å². The van der Waals surface area contributed by atoms with Gasteiger partial charge in [-0.1, -0.05) is 0 Å². The Morgan fingerprint density at radius 3 is 0.786 bits per heavy atom. The van der Waals surface area contributed by atoms with Crippen molar-refractivity contribution in [1.82, 2.24) is 0 Å². The highest BCUT2D eigenvalue weighted by Crippen LogP contribution is 1.73. The third-order valence-electron chi connectivity index (χ3n) is 0. The van der Waals surface area contributed by atoms with E-state index in [4.69, 9.17) is 28.4 Å². The summed E-state index contributed by atoms with van der Waals surface area (Å²) >= 11 is 0. The predicted octanol–water partition coefficient (Wildman–Crippen LogP) is -2.40. The molecule has 3 atom stereocenters. The molecule has 0 heterocycles. The molecule has 0 radical (unpaired) electrons. The van der Waals surface area contributed by atoms with Gasteiger partial charge < -0.3 is 32.9 Å². The molecular weight excluding hydrogens is 251 g/mol. The van der Waals surface area contributed by atoms with E-state index in [9.17, 15) is 0 Å². The average molecular weight is 271 g/mol. The van der Waals surface area contributed by atoms with E-state index in [1.807, 2.05) is 0 Å². The first-order valence-electron chi connectivity index (χ1n) is 3.20. The molecule has 0 rings (SSSR count). The fourth-order valence-electron chi connectivity index (χ4n) is 0. The zero-order chi connectivity index (χ0) is 12.6. The lowest BCUT2D eigenvalue weighted by molar-refractivity contribution is -0.849. The molecule has 0 aromatic heterocycles. The Labute approximate surface area is 90.8 Å². The van der Waals surface area contributed by atoms with Gasteiger partial charge in [-0.2, -0.15) is 0 Å². The lowest BCUT2D eigenvalue weighted by Crippen LogP contribution is -2.27. The summed E-state index contributed by atoms with van der Waals surface area (Å²) in [4.78, 5) is 25.4. The van der Waals surface area contributed by atoms with Crippen LogP contribution in [0.25, 0.3) is 0 Å². The molecule has 0 aromatic carbocycles. The van der Waals surface area contributed by atoms with Gasteiger partial charge in [0.25, 0.3) is 0 Å². The highest BCUT2D eigenvalue weighted by Gasteiger charge is 1.88. The summed E-state index contributed by atoms with van der Waals surface area (Å²) in [5, 5.41) is 0. The summed E-state index contributed by atoms with van der Waals surface area (Å²) in [6.45, 7) is 0. The van der Waals surface area contributed by atoms with Crippen molar-refractivity contribution in [1.29, 1.82) is 0 Å². The maximum Gasteiger partial charge on any atom is 1.00 e. The molecule has 0 saturated carbocycles. The highest BCUT2D eigenvalue weighted by molar-refractivity contribution is 7.14. The molecule has 0 aliphatic carbocycles. The number of rotatable bonds is 0. The van der Waals surface area contributed by atoms with Crippen molar-refractivity contribution in [2.45, 2.75) is 0 Å². The minimum absolute atomic E-state index is 0. The smallest absolute Gasteiger partial charge is 0.804 e. The summed E-state index contributed by atoms with van der Waals surface area (Å²) in [5.74, 6) is 0. The molecule has 0 aliphatic rings. The van der Waals surface area contributed by atoms with E-state index in [1.165, 1.54) is 0 Å².